The highest BCUT2D eigenvalue weighted by molar-refractivity contribution is 7.89. The van der Waals surface area contributed by atoms with Gasteiger partial charge in [-0.2, -0.15) is 9.29 Å². The van der Waals surface area contributed by atoms with Crippen molar-refractivity contribution in [3.05, 3.63) is 65.8 Å². The van der Waals surface area contributed by atoms with Crippen LogP contribution in [0.25, 0.3) is 11.4 Å². The quantitative estimate of drug-likeness (QED) is 0.500. The van der Waals surface area contributed by atoms with Crippen molar-refractivity contribution in [2.75, 3.05) is 13.1 Å². The minimum absolute atomic E-state index is 0.00497. The van der Waals surface area contributed by atoms with Crippen LogP contribution < -0.4 is 0 Å². The third kappa shape index (κ3) is 5.27. The number of nitrogens with zero attached hydrogens (tertiary/aromatic N) is 3. The number of ether oxygens (including phenoxy) is 2. The molecule has 3 aromatic rings. The Kier molecular flexibility index (Phi) is 6.54. The highest BCUT2D eigenvalue weighted by Crippen LogP contribution is 2.22. The highest BCUT2D eigenvalue weighted by Gasteiger charge is 2.32. The largest absolute Gasteiger partial charge is 0.452 e. The minimum Gasteiger partial charge on any atom is -0.452 e. The molecule has 0 aliphatic carbocycles. The molecule has 1 aliphatic heterocycles. The summed E-state index contributed by atoms with van der Waals surface area (Å²) in [6.07, 6.45) is -0.461. The lowest BCUT2D eigenvalue weighted by Gasteiger charge is -2.34. The molecule has 2 heterocycles. The van der Waals surface area contributed by atoms with Crippen molar-refractivity contribution < 1.29 is 31.6 Å². The van der Waals surface area contributed by atoms with Crippen LogP contribution in [0, 0.1) is 5.82 Å². The molecule has 0 unspecified atom stereocenters. The third-order valence-corrected chi connectivity index (χ3v) is 6.82. The number of aromatic nitrogens is 2. The zero-order chi connectivity index (χ0) is 23.6. The molecule has 0 spiro atoms. The van der Waals surface area contributed by atoms with E-state index < -0.39 is 21.8 Å². The standard InChI is InChI=1S/C22H22FN3O6S/c1-14-11-26(12-15(2)31-14)33(28,29)19-5-3-4-17(10-19)22(27)30-13-20-24-21(25-32-20)16-6-8-18(23)9-7-16/h3-10,14-15H,11-13H2,1-2H3/t14-,15-/m0/s1. The van der Waals surface area contributed by atoms with Crippen molar-refractivity contribution in [1.82, 2.24) is 14.4 Å². The van der Waals surface area contributed by atoms with Gasteiger partial charge >= 0.3 is 5.97 Å². The van der Waals surface area contributed by atoms with Gasteiger partial charge in [0.2, 0.25) is 15.8 Å². The molecule has 0 saturated carbocycles. The van der Waals surface area contributed by atoms with Gasteiger partial charge in [-0.25, -0.2) is 17.6 Å². The molecule has 1 aliphatic rings. The molecule has 4 rings (SSSR count). The van der Waals surface area contributed by atoms with Gasteiger partial charge in [-0.3, -0.25) is 0 Å². The number of halogens is 1. The van der Waals surface area contributed by atoms with Gasteiger partial charge in [0, 0.05) is 18.7 Å². The summed E-state index contributed by atoms with van der Waals surface area (Å²) in [6.45, 7) is 3.78. The van der Waals surface area contributed by atoms with Crippen LogP contribution in [0.4, 0.5) is 4.39 Å². The van der Waals surface area contributed by atoms with E-state index in [1.54, 1.807) is 0 Å². The summed E-state index contributed by atoms with van der Waals surface area (Å²) >= 11 is 0. The summed E-state index contributed by atoms with van der Waals surface area (Å²) in [4.78, 5) is 16.6. The topological polar surface area (TPSA) is 112 Å². The number of rotatable bonds is 6. The maximum atomic E-state index is 13.1. The Morgan fingerprint density at radius 2 is 1.85 bits per heavy atom. The van der Waals surface area contributed by atoms with E-state index in [9.17, 15) is 17.6 Å². The van der Waals surface area contributed by atoms with E-state index in [2.05, 4.69) is 10.1 Å². The first kappa shape index (κ1) is 23.0. The van der Waals surface area contributed by atoms with E-state index >= 15 is 0 Å². The van der Waals surface area contributed by atoms with Gasteiger partial charge in [-0.1, -0.05) is 11.2 Å². The lowest BCUT2D eigenvalue weighted by atomic mass is 10.2. The molecule has 0 radical (unpaired) electrons. The lowest BCUT2D eigenvalue weighted by molar-refractivity contribution is -0.0440. The molecule has 174 valence electrons. The number of benzene rings is 2. The van der Waals surface area contributed by atoms with E-state index in [-0.39, 0.29) is 54.1 Å². The Morgan fingerprint density at radius 3 is 2.55 bits per heavy atom. The summed E-state index contributed by atoms with van der Waals surface area (Å²) in [6, 6.07) is 11.2. The normalized spacial score (nSPS) is 19.4. The predicted octanol–water partition coefficient (Wildman–Crippen LogP) is 3.03. The van der Waals surface area contributed by atoms with Gasteiger partial charge in [-0.05, 0) is 56.3 Å². The Morgan fingerprint density at radius 1 is 1.15 bits per heavy atom. The molecule has 2 atom stereocenters. The van der Waals surface area contributed by atoms with Gasteiger partial charge in [-0.15, -0.1) is 0 Å². The van der Waals surface area contributed by atoms with Crippen LogP contribution in [0.5, 0.6) is 0 Å². The van der Waals surface area contributed by atoms with Crippen molar-refractivity contribution in [1.29, 1.82) is 0 Å². The fraction of sp³-hybridized carbons (Fsp3) is 0.318. The average molecular weight is 475 g/mol. The zero-order valence-electron chi connectivity index (χ0n) is 18.0. The van der Waals surface area contributed by atoms with E-state index in [1.807, 2.05) is 13.8 Å². The summed E-state index contributed by atoms with van der Waals surface area (Å²) in [5, 5.41) is 3.78. The van der Waals surface area contributed by atoms with E-state index in [1.165, 1.54) is 52.8 Å². The van der Waals surface area contributed by atoms with Gasteiger partial charge < -0.3 is 14.0 Å². The molecule has 11 heteroatoms. The summed E-state index contributed by atoms with van der Waals surface area (Å²) in [5.41, 5.74) is 0.617. The number of carbonyl (C=O) groups excluding carboxylic acids is 1. The van der Waals surface area contributed by atoms with Gasteiger partial charge in [0.15, 0.2) is 6.61 Å². The molecule has 0 bridgehead atoms. The summed E-state index contributed by atoms with van der Waals surface area (Å²) in [5.74, 6) is -0.860. The van der Waals surface area contributed by atoms with Crippen molar-refractivity contribution in [2.45, 2.75) is 37.6 Å². The molecule has 0 amide bonds. The highest BCUT2D eigenvalue weighted by atomic mass is 32.2. The maximum Gasteiger partial charge on any atom is 0.338 e. The number of carbonyl (C=O) groups is 1. The third-order valence-electron chi connectivity index (χ3n) is 4.99. The Labute approximate surface area is 190 Å². The van der Waals surface area contributed by atoms with Gasteiger partial charge in [0.25, 0.3) is 5.89 Å². The van der Waals surface area contributed by atoms with Crippen LogP contribution in [0.1, 0.15) is 30.1 Å². The Bertz CT molecular complexity index is 1240. The first-order valence-electron chi connectivity index (χ1n) is 10.2. The number of hydrogen-bond acceptors (Lipinski definition) is 8. The fourth-order valence-electron chi connectivity index (χ4n) is 3.50. The zero-order valence-corrected chi connectivity index (χ0v) is 18.8. The number of esters is 1. The average Bonchev–Trinajstić information content (AvgIpc) is 3.26. The van der Waals surface area contributed by atoms with Crippen LogP contribution in [-0.2, 0) is 26.1 Å². The molecule has 1 fully saturated rings. The molecule has 9 nitrogen and oxygen atoms in total. The fourth-order valence-corrected chi connectivity index (χ4v) is 5.14. The second-order valence-electron chi connectivity index (χ2n) is 7.70. The van der Waals surface area contributed by atoms with Crippen molar-refractivity contribution in [3.63, 3.8) is 0 Å². The van der Waals surface area contributed by atoms with Crippen molar-refractivity contribution in [3.8, 4) is 11.4 Å². The van der Waals surface area contributed by atoms with Gasteiger partial charge in [0.05, 0.1) is 22.7 Å². The molecule has 2 aromatic carbocycles. The molecule has 1 saturated heterocycles. The Balaban J connectivity index is 1.43. The lowest BCUT2D eigenvalue weighted by Crippen LogP contribution is -2.48. The summed E-state index contributed by atoms with van der Waals surface area (Å²) < 4.78 is 56.4. The molecular formula is C22H22FN3O6S. The van der Waals surface area contributed by atoms with Crippen LogP contribution in [0.15, 0.2) is 57.9 Å². The smallest absolute Gasteiger partial charge is 0.338 e. The first-order chi connectivity index (χ1) is 15.7. The number of sulfonamides is 1. The second kappa shape index (κ2) is 9.38. The monoisotopic (exact) mass is 475 g/mol. The molecule has 33 heavy (non-hydrogen) atoms. The number of morpholine rings is 1. The van der Waals surface area contributed by atoms with Crippen LogP contribution in [0.2, 0.25) is 0 Å². The van der Waals surface area contributed by atoms with E-state index in [0.29, 0.717) is 5.56 Å². The first-order valence-corrected chi connectivity index (χ1v) is 11.7. The minimum atomic E-state index is -3.80. The van der Waals surface area contributed by atoms with E-state index in [4.69, 9.17) is 14.0 Å². The SMILES string of the molecule is C[C@H]1CN(S(=O)(=O)c2cccc(C(=O)OCc3nc(-c4ccc(F)cc4)no3)c2)C[C@H](C)O1. The van der Waals surface area contributed by atoms with Crippen molar-refractivity contribution in [2.24, 2.45) is 0 Å². The van der Waals surface area contributed by atoms with Crippen molar-refractivity contribution >= 4 is 16.0 Å². The van der Waals surface area contributed by atoms with Gasteiger partial charge in [0.1, 0.15) is 5.82 Å². The van der Waals surface area contributed by atoms with E-state index in [0.717, 1.165) is 0 Å². The maximum absolute atomic E-state index is 13.1. The Hall–Kier alpha value is -3.15. The second-order valence-corrected chi connectivity index (χ2v) is 9.64. The molecule has 0 N–H and O–H groups in total. The van der Waals surface area contributed by atoms with Crippen LogP contribution in [-0.4, -0.2) is 54.1 Å². The summed E-state index contributed by atoms with van der Waals surface area (Å²) in [7, 11) is -3.80. The molecule has 1 aromatic heterocycles. The van der Waals surface area contributed by atoms with Crippen LogP contribution in [0.3, 0.4) is 0 Å². The van der Waals surface area contributed by atoms with Crippen LogP contribution >= 0.6 is 0 Å². The molecular weight excluding hydrogens is 453 g/mol. The predicted molar refractivity (Wildman–Crippen MR) is 114 cm³/mol. The number of hydrogen-bond donors (Lipinski definition) is 0.